The largest absolute Gasteiger partial charge is 0.369 e. The van der Waals surface area contributed by atoms with E-state index in [9.17, 15) is 13.6 Å². The number of aromatic nitrogens is 5. The van der Waals surface area contributed by atoms with Gasteiger partial charge in [0, 0.05) is 45.5 Å². The van der Waals surface area contributed by atoms with Gasteiger partial charge in [0.2, 0.25) is 0 Å². The van der Waals surface area contributed by atoms with Gasteiger partial charge in [-0.15, -0.1) is 5.10 Å². The molecule has 28 heavy (non-hydrogen) atoms. The topological polar surface area (TPSA) is 72.1 Å². The molecule has 0 amide bonds. The number of alkyl halides is 2. The molecular formula is C18H21F2N7O. The van der Waals surface area contributed by atoms with Gasteiger partial charge in [0.05, 0.1) is 35.7 Å². The van der Waals surface area contributed by atoms with E-state index in [1.54, 1.807) is 16.9 Å². The van der Waals surface area contributed by atoms with Crippen LogP contribution in [0.1, 0.15) is 5.69 Å². The summed E-state index contributed by atoms with van der Waals surface area (Å²) in [6, 6.07) is 5.39. The van der Waals surface area contributed by atoms with Crippen molar-refractivity contribution in [3.05, 3.63) is 46.8 Å². The number of fused-ring (bicyclic) bond motifs is 1. The average Bonchev–Trinajstić information content (AvgIpc) is 3.09. The van der Waals surface area contributed by atoms with Crippen LogP contribution in [0.4, 0.5) is 14.5 Å². The number of rotatable bonds is 5. The summed E-state index contributed by atoms with van der Waals surface area (Å²) >= 11 is 0. The highest BCUT2D eigenvalue weighted by atomic mass is 19.3. The van der Waals surface area contributed by atoms with Gasteiger partial charge in [0.15, 0.2) is 0 Å². The van der Waals surface area contributed by atoms with Crippen molar-refractivity contribution in [1.29, 1.82) is 0 Å². The Morgan fingerprint density at radius 3 is 2.64 bits per heavy atom. The molecule has 8 nitrogen and oxygen atoms in total. The fourth-order valence-corrected chi connectivity index (χ4v) is 3.47. The van der Waals surface area contributed by atoms with Crippen molar-refractivity contribution < 1.29 is 8.78 Å². The van der Waals surface area contributed by atoms with E-state index in [2.05, 4.69) is 25.1 Å². The van der Waals surface area contributed by atoms with E-state index in [4.69, 9.17) is 0 Å². The van der Waals surface area contributed by atoms with E-state index in [-0.39, 0.29) is 0 Å². The van der Waals surface area contributed by atoms with Crippen molar-refractivity contribution in [2.24, 2.45) is 7.05 Å². The van der Waals surface area contributed by atoms with Gasteiger partial charge < -0.3 is 4.90 Å². The Hall–Kier alpha value is -2.88. The second-order valence-electron chi connectivity index (χ2n) is 6.91. The minimum absolute atomic E-state index is 0.356. The zero-order chi connectivity index (χ0) is 19.7. The van der Waals surface area contributed by atoms with Gasteiger partial charge in [-0.25, -0.2) is 13.8 Å². The van der Waals surface area contributed by atoms with Crippen LogP contribution in [-0.4, -0.2) is 62.0 Å². The van der Waals surface area contributed by atoms with Crippen molar-refractivity contribution in [1.82, 2.24) is 29.4 Å². The Kier molecular flexibility index (Phi) is 5.03. The number of benzene rings is 1. The number of nitrogens with zero attached hydrogens (tertiary/aromatic N) is 7. The predicted octanol–water partition coefficient (Wildman–Crippen LogP) is 1.11. The Bertz CT molecular complexity index is 1020. The maximum atomic E-state index is 12.6. The van der Waals surface area contributed by atoms with Gasteiger partial charge in [-0.05, 0) is 18.2 Å². The SMILES string of the molecule is Cn1nncc1CN1CCN(c2ccc3c(=O)n(CC(F)F)cnc3c2)CC1. The maximum Gasteiger partial charge on any atom is 0.261 e. The number of halogens is 2. The predicted molar refractivity (Wildman–Crippen MR) is 101 cm³/mol. The van der Waals surface area contributed by atoms with Crippen molar-refractivity contribution in [2.45, 2.75) is 19.5 Å². The average molecular weight is 389 g/mol. The van der Waals surface area contributed by atoms with Crippen molar-refractivity contribution in [2.75, 3.05) is 31.1 Å². The molecule has 3 aromatic rings. The highest BCUT2D eigenvalue weighted by molar-refractivity contribution is 5.81. The lowest BCUT2D eigenvalue weighted by Crippen LogP contribution is -2.46. The van der Waals surface area contributed by atoms with Crippen LogP contribution >= 0.6 is 0 Å². The Morgan fingerprint density at radius 2 is 1.96 bits per heavy atom. The lowest BCUT2D eigenvalue weighted by molar-refractivity contribution is 0.125. The smallest absolute Gasteiger partial charge is 0.261 e. The molecule has 0 saturated carbocycles. The molecule has 1 aromatic carbocycles. The highest BCUT2D eigenvalue weighted by Gasteiger charge is 2.19. The molecule has 0 bridgehead atoms. The van der Waals surface area contributed by atoms with Gasteiger partial charge in [0.25, 0.3) is 12.0 Å². The third-order valence-corrected chi connectivity index (χ3v) is 5.07. The third kappa shape index (κ3) is 3.72. The Labute approximate surface area is 160 Å². The monoisotopic (exact) mass is 389 g/mol. The minimum atomic E-state index is -2.59. The second kappa shape index (κ2) is 7.63. The first-order valence-electron chi connectivity index (χ1n) is 9.09. The summed E-state index contributed by atoms with van der Waals surface area (Å²) in [6.07, 6.45) is 0.387. The summed E-state index contributed by atoms with van der Waals surface area (Å²) in [7, 11) is 1.88. The highest BCUT2D eigenvalue weighted by Crippen LogP contribution is 2.21. The number of piperazine rings is 1. The molecule has 1 fully saturated rings. The molecule has 1 aliphatic rings. The van der Waals surface area contributed by atoms with Crippen molar-refractivity contribution >= 4 is 16.6 Å². The maximum absolute atomic E-state index is 12.6. The number of hydrogen-bond acceptors (Lipinski definition) is 6. The third-order valence-electron chi connectivity index (χ3n) is 5.07. The first-order valence-corrected chi connectivity index (χ1v) is 9.09. The van der Waals surface area contributed by atoms with E-state index in [0.29, 0.717) is 10.9 Å². The molecule has 1 saturated heterocycles. The van der Waals surface area contributed by atoms with Crippen LogP contribution in [0.2, 0.25) is 0 Å². The van der Waals surface area contributed by atoms with Gasteiger partial charge in [0.1, 0.15) is 0 Å². The standard InChI is InChI=1S/C18H21F2N7O/c1-24-14(9-22-23-24)10-25-4-6-26(7-5-25)13-2-3-15-16(8-13)21-12-27(18(15)28)11-17(19)20/h2-3,8-9,12,17H,4-7,10-11H2,1H3. The molecule has 0 atom stereocenters. The zero-order valence-electron chi connectivity index (χ0n) is 15.5. The van der Waals surface area contributed by atoms with Crippen LogP contribution in [0, 0.1) is 0 Å². The van der Waals surface area contributed by atoms with E-state index in [1.807, 2.05) is 19.2 Å². The van der Waals surface area contributed by atoms with Crippen LogP contribution in [0.25, 0.3) is 10.9 Å². The van der Waals surface area contributed by atoms with E-state index in [1.165, 1.54) is 6.33 Å². The molecule has 2 aromatic heterocycles. The lowest BCUT2D eigenvalue weighted by Gasteiger charge is -2.36. The first kappa shape index (κ1) is 18.5. The summed E-state index contributed by atoms with van der Waals surface area (Å²) in [4.78, 5) is 21.1. The number of anilines is 1. The van der Waals surface area contributed by atoms with Crippen LogP contribution in [0.15, 0.2) is 35.5 Å². The second-order valence-corrected chi connectivity index (χ2v) is 6.91. The van der Waals surface area contributed by atoms with E-state index < -0.39 is 18.5 Å². The number of aryl methyl sites for hydroxylation is 1. The summed E-state index contributed by atoms with van der Waals surface area (Å²) in [5.74, 6) is 0. The molecular weight excluding hydrogens is 368 g/mol. The first-order chi connectivity index (χ1) is 13.5. The van der Waals surface area contributed by atoms with Gasteiger partial charge in [-0.2, -0.15) is 0 Å². The normalized spacial score (nSPS) is 15.6. The molecule has 0 unspecified atom stereocenters. The fourth-order valence-electron chi connectivity index (χ4n) is 3.47. The van der Waals surface area contributed by atoms with Crippen LogP contribution in [0.3, 0.4) is 0 Å². The van der Waals surface area contributed by atoms with Crippen LogP contribution in [0.5, 0.6) is 0 Å². The van der Waals surface area contributed by atoms with E-state index >= 15 is 0 Å². The molecule has 1 aliphatic heterocycles. The van der Waals surface area contributed by atoms with Gasteiger partial charge >= 0.3 is 0 Å². The van der Waals surface area contributed by atoms with Crippen LogP contribution < -0.4 is 10.5 Å². The van der Waals surface area contributed by atoms with E-state index in [0.717, 1.165) is 48.7 Å². The van der Waals surface area contributed by atoms with Crippen LogP contribution in [-0.2, 0) is 20.1 Å². The summed E-state index contributed by atoms with van der Waals surface area (Å²) in [6.45, 7) is 3.65. The van der Waals surface area contributed by atoms with Crippen molar-refractivity contribution in [3.8, 4) is 0 Å². The molecule has 10 heteroatoms. The minimum Gasteiger partial charge on any atom is -0.369 e. The molecule has 4 rings (SSSR count). The number of hydrogen-bond donors (Lipinski definition) is 0. The summed E-state index contributed by atoms with van der Waals surface area (Å²) in [5, 5.41) is 8.22. The Balaban J connectivity index is 1.46. The quantitative estimate of drug-likeness (QED) is 0.651. The fraction of sp³-hybridized carbons (Fsp3) is 0.444. The molecule has 0 aliphatic carbocycles. The van der Waals surface area contributed by atoms with Crippen molar-refractivity contribution in [3.63, 3.8) is 0 Å². The zero-order valence-corrected chi connectivity index (χ0v) is 15.5. The Morgan fingerprint density at radius 1 is 1.18 bits per heavy atom. The van der Waals surface area contributed by atoms with Gasteiger partial charge in [-0.1, -0.05) is 5.21 Å². The molecule has 0 radical (unpaired) electrons. The van der Waals surface area contributed by atoms with Gasteiger partial charge in [-0.3, -0.25) is 18.9 Å². The molecule has 3 heterocycles. The molecule has 148 valence electrons. The molecule has 0 N–H and O–H groups in total. The lowest BCUT2D eigenvalue weighted by atomic mass is 10.2. The summed E-state index contributed by atoms with van der Waals surface area (Å²) < 4.78 is 27.9. The summed E-state index contributed by atoms with van der Waals surface area (Å²) in [5.41, 5.74) is 2.14. The molecule has 0 spiro atoms.